The predicted molar refractivity (Wildman–Crippen MR) is 118 cm³/mol. The SMILES string of the molecule is CCOc1ccc(/C=C2\SC(=Nc3cc(Cl)ccc3OC)NC2=O)cc1OCC. The van der Waals surface area contributed by atoms with Crippen LogP contribution in [0.2, 0.25) is 5.02 Å². The zero-order valence-electron chi connectivity index (χ0n) is 16.3. The number of carbonyl (C=O) groups is 1. The van der Waals surface area contributed by atoms with E-state index >= 15 is 0 Å². The molecule has 1 aliphatic heterocycles. The predicted octanol–water partition coefficient (Wildman–Crippen LogP) is 5.04. The molecule has 0 saturated carbocycles. The number of hydrogen-bond acceptors (Lipinski definition) is 6. The van der Waals surface area contributed by atoms with Crippen LogP contribution in [0.3, 0.4) is 0 Å². The molecule has 1 N–H and O–H groups in total. The lowest BCUT2D eigenvalue weighted by atomic mass is 10.2. The van der Waals surface area contributed by atoms with Crippen molar-refractivity contribution in [2.45, 2.75) is 13.8 Å². The Balaban J connectivity index is 1.86. The molecule has 0 spiro atoms. The van der Waals surface area contributed by atoms with Crippen LogP contribution < -0.4 is 19.5 Å². The van der Waals surface area contributed by atoms with Crippen LogP contribution in [-0.2, 0) is 4.79 Å². The van der Waals surface area contributed by atoms with Gasteiger partial charge in [0, 0.05) is 5.02 Å². The first-order valence-electron chi connectivity index (χ1n) is 9.06. The van der Waals surface area contributed by atoms with Crippen LogP contribution in [0.4, 0.5) is 5.69 Å². The zero-order chi connectivity index (χ0) is 20.8. The summed E-state index contributed by atoms with van der Waals surface area (Å²) in [6, 6.07) is 10.7. The van der Waals surface area contributed by atoms with Crippen LogP contribution in [0.5, 0.6) is 17.2 Å². The molecule has 0 atom stereocenters. The Morgan fingerprint density at radius 2 is 1.79 bits per heavy atom. The highest BCUT2D eigenvalue weighted by atomic mass is 35.5. The summed E-state index contributed by atoms with van der Waals surface area (Å²) in [5.74, 6) is 1.67. The fourth-order valence-corrected chi connectivity index (χ4v) is 3.65. The van der Waals surface area contributed by atoms with Crippen molar-refractivity contribution in [2.75, 3.05) is 20.3 Å². The van der Waals surface area contributed by atoms with Crippen molar-refractivity contribution < 1.29 is 19.0 Å². The van der Waals surface area contributed by atoms with Crippen molar-refractivity contribution in [2.24, 2.45) is 4.99 Å². The molecule has 29 heavy (non-hydrogen) atoms. The molecule has 1 fully saturated rings. The standard InChI is InChI=1S/C21H21ClN2O4S/c1-4-27-17-8-6-13(10-18(17)28-5-2)11-19-20(25)24-21(29-19)23-15-12-14(22)7-9-16(15)26-3/h6-12H,4-5H2,1-3H3,(H,23,24,25)/b19-11-. The molecule has 0 bridgehead atoms. The van der Waals surface area contributed by atoms with Crippen molar-refractivity contribution in [3.8, 4) is 17.2 Å². The van der Waals surface area contributed by atoms with Gasteiger partial charge in [-0.1, -0.05) is 17.7 Å². The lowest BCUT2D eigenvalue weighted by Crippen LogP contribution is -2.19. The molecule has 0 unspecified atom stereocenters. The Morgan fingerprint density at radius 1 is 1.07 bits per heavy atom. The van der Waals surface area contributed by atoms with E-state index in [0.717, 1.165) is 5.56 Å². The van der Waals surface area contributed by atoms with Crippen LogP contribution >= 0.6 is 23.4 Å². The second kappa shape index (κ2) is 9.71. The van der Waals surface area contributed by atoms with Gasteiger partial charge in [0.15, 0.2) is 16.7 Å². The number of rotatable bonds is 7. The number of halogens is 1. The quantitative estimate of drug-likeness (QED) is 0.621. The maximum atomic E-state index is 12.4. The minimum atomic E-state index is -0.221. The van der Waals surface area contributed by atoms with Crippen LogP contribution in [0, 0.1) is 0 Å². The lowest BCUT2D eigenvalue weighted by molar-refractivity contribution is -0.115. The van der Waals surface area contributed by atoms with Gasteiger partial charge in [0.05, 0.1) is 25.2 Å². The number of methoxy groups -OCH3 is 1. The van der Waals surface area contributed by atoms with Crippen molar-refractivity contribution in [1.82, 2.24) is 5.32 Å². The van der Waals surface area contributed by atoms with Gasteiger partial charge in [-0.25, -0.2) is 4.99 Å². The zero-order valence-corrected chi connectivity index (χ0v) is 17.9. The van der Waals surface area contributed by atoms with Crippen LogP contribution in [0.25, 0.3) is 6.08 Å². The summed E-state index contributed by atoms with van der Waals surface area (Å²) in [5.41, 5.74) is 1.37. The van der Waals surface area contributed by atoms with E-state index in [0.29, 0.717) is 51.2 Å². The third kappa shape index (κ3) is 5.25. The number of amidine groups is 1. The van der Waals surface area contributed by atoms with Gasteiger partial charge in [0.25, 0.3) is 5.91 Å². The molecule has 2 aromatic carbocycles. The van der Waals surface area contributed by atoms with Crippen LogP contribution in [0.15, 0.2) is 46.3 Å². The summed E-state index contributed by atoms with van der Waals surface area (Å²) in [7, 11) is 1.56. The van der Waals surface area contributed by atoms with Crippen molar-refractivity contribution in [3.63, 3.8) is 0 Å². The van der Waals surface area contributed by atoms with Gasteiger partial charge in [-0.3, -0.25) is 4.79 Å². The van der Waals surface area contributed by atoms with Gasteiger partial charge in [0.2, 0.25) is 0 Å². The smallest absolute Gasteiger partial charge is 0.264 e. The summed E-state index contributed by atoms with van der Waals surface area (Å²) in [6.07, 6.45) is 1.79. The van der Waals surface area contributed by atoms with Crippen LogP contribution in [-0.4, -0.2) is 31.4 Å². The molecular formula is C21H21ClN2O4S. The minimum absolute atomic E-state index is 0.221. The molecule has 1 heterocycles. The maximum Gasteiger partial charge on any atom is 0.264 e. The van der Waals surface area contributed by atoms with E-state index in [1.54, 1.807) is 31.4 Å². The summed E-state index contributed by atoms with van der Waals surface area (Å²) >= 11 is 7.29. The van der Waals surface area contributed by atoms with E-state index in [4.69, 9.17) is 25.8 Å². The van der Waals surface area contributed by atoms with Crippen LogP contribution in [0.1, 0.15) is 19.4 Å². The number of hydrogen-bond donors (Lipinski definition) is 1. The molecule has 3 rings (SSSR count). The topological polar surface area (TPSA) is 69.2 Å². The number of amides is 1. The monoisotopic (exact) mass is 432 g/mol. The summed E-state index contributed by atoms with van der Waals surface area (Å²) < 4.78 is 16.5. The van der Waals surface area contributed by atoms with Gasteiger partial charge < -0.3 is 19.5 Å². The Kier molecular flexibility index (Phi) is 7.06. The highest BCUT2D eigenvalue weighted by Gasteiger charge is 2.24. The van der Waals surface area contributed by atoms with E-state index in [9.17, 15) is 4.79 Å². The largest absolute Gasteiger partial charge is 0.494 e. The molecule has 1 saturated heterocycles. The molecule has 2 aromatic rings. The Labute approximate surface area is 178 Å². The molecule has 0 aromatic heterocycles. The molecule has 152 valence electrons. The number of nitrogens with one attached hydrogen (secondary N) is 1. The summed E-state index contributed by atoms with van der Waals surface area (Å²) in [6.45, 7) is 4.90. The van der Waals surface area contributed by atoms with Gasteiger partial charge >= 0.3 is 0 Å². The highest BCUT2D eigenvalue weighted by molar-refractivity contribution is 8.18. The normalized spacial score (nSPS) is 16.2. The average molecular weight is 433 g/mol. The molecule has 0 aliphatic carbocycles. The van der Waals surface area contributed by atoms with E-state index in [2.05, 4.69) is 10.3 Å². The minimum Gasteiger partial charge on any atom is -0.494 e. The lowest BCUT2D eigenvalue weighted by Gasteiger charge is -2.11. The first-order valence-corrected chi connectivity index (χ1v) is 10.3. The van der Waals surface area contributed by atoms with Crippen molar-refractivity contribution in [3.05, 3.63) is 51.9 Å². The van der Waals surface area contributed by atoms with Gasteiger partial charge in [0.1, 0.15) is 11.4 Å². The molecule has 1 amide bonds. The number of carbonyl (C=O) groups excluding carboxylic acids is 1. The average Bonchev–Trinajstić information content (AvgIpc) is 3.03. The molecule has 1 aliphatic rings. The number of benzene rings is 2. The second-order valence-corrected chi connectivity index (χ2v) is 7.34. The Bertz CT molecular complexity index is 975. The van der Waals surface area contributed by atoms with E-state index in [-0.39, 0.29) is 5.91 Å². The van der Waals surface area contributed by atoms with Gasteiger partial charge in [-0.05, 0) is 67.6 Å². The first-order chi connectivity index (χ1) is 14.0. The summed E-state index contributed by atoms with van der Waals surface area (Å²) in [4.78, 5) is 17.4. The second-order valence-electron chi connectivity index (χ2n) is 5.87. The number of aliphatic imine (C=N–C) groups is 1. The highest BCUT2D eigenvalue weighted by Crippen LogP contribution is 2.35. The Hall–Kier alpha value is -2.64. The van der Waals surface area contributed by atoms with E-state index in [1.807, 2.05) is 32.0 Å². The maximum absolute atomic E-state index is 12.4. The van der Waals surface area contributed by atoms with E-state index < -0.39 is 0 Å². The fourth-order valence-electron chi connectivity index (χ4n) is 2.65. The Morgan fingerprint density at radius 3 is 2.52 bits per heavy atom. The van der Waals surface area contributed by atoms with Gasteiger partial charge in [-0.15, -0.1) is 0 Å². The number of nitrogens with zero attached hydrogens (tertiary/aromatic N) is 1. The molecule has 8 heteroatoms. The van der Waals surface area contributed by atoms with Crippen molar-refractivity contribution in [1.29, 1.82) is 0 Å². The summed E-state index contributed by atoms with van der Waals surface area (Å²) in [5, 5.41) is 3.76. The number of thioether (sulfide) groups is 1. The fraction of sp³-hybridized carbons (Fsp3) is 0.238. The number of ether oxygens (including phenoxy) is 3. The first kappa shape index (κ1) is 21.1. The molecular weight excluding hydrogens is 412 g/mol. The molecule has 6 nitrogen and oxygen atoms in total. The van der Waals surface area contributed by atoms with E-state index in [1.165, 1.54) is 11.8 Å². The van der Waals surface area contributed by atoms with Gasteiger partial charge in [-0.2, -0.15) is 0 Å². The third-order valence-corrected chi connectivity index (χ3v) is 5.02. The molecule has 0 radical (unpaired) electrons. The third-order valence-electron chi connectivity index (χ3n) is 3.88. The van der Waals surface area contributed by atoms with Crippen molar-refractivity contribution >= 4 is 46.2 Å².